The van der Waals surface area contributed by atoms with Gasteiger partial charge < -0.3 is 11.1 Å². The molecule has 0 aromatic heterocycles. The van der Waals surface area contributed by atoms with E-state index in [9.17, 15) is 4.79 Å². The highest BCUT2D eigenvalue weighted by Gasteiger charge is 2.62. The minimum Gasteiger partial charge on any atom is -0.354 e. The molecule has 0 spiro atoms. The van der Waals surface area contributed by atoms with Crippen molar-refractivity contribution in [3.8, 4) is 0 Å². The first kappa shape index (κ1) is 17.1. The van der Waals surface area contributed by atoms with Gasteiger partial charge in [0, 0.05) is 12.1 Å². The summed E-state index contributed by atoms with van der Waals surface area (Å²) in [6.45, 7) is 9.33. The van der Waals surface area contributed by atoms with E-state index in [1.807, 2.05) is 13.8 Å². The molecule has 3 N–H and O–H groups in total. The van der Waals surface area contributed by atoms with Crippen LogP contribution in [0.3, 0.4) is 0 Å². The van der Waals surface area contributed by atoms with Gasteiger partial charge in [-0.15, -0.1) is 12.4 Å². The Labute approximate surface area is 135 Å². The normalized spacial score (nSPS) is 44.3. The lowest BCUT2D eigenvalue weighted by atomic mass is 9.40. The lowest BCUT2D eigenvalue weighted by Crippen LogP contribution is -2.61. The molecule has 0 aromatic rings. The fourth-order valence-electron chi connectivity index (χ4n) is 6.20. The zero-order valence-electron chi connectivity index (χ0n) is 13.9. The molecule has 2 atom stereocenters. The molecule has 2 unspecified atom stereocenters. The molecule has 21 heavy (non-hydrogen) atoms. The molecule has 4 aliphatic carbocycles. The molecule has 4 aliphatic rings. The minimum absolute atomic E-state index is 0. The van der Waals surface area contributed by atoms with Crippen molar-refractivity contribution in [3.05, 3.63) is 0 Å². The number of rotatable bonds is 3. The van der Waals surface area contributed by atoms with Crippen molar-refractivity contribution in [2.45, 2.75) is 71.8 Å². The Bertz CT molecular complexity index is 425. The van der Waals surface area contributed by atoms with Gasteiger partial charge in [0.15, 0.2) is 0 Å². The third kappa shape index (κ3) is 3.10. The summed E-state index contributed by atoms with van der Waals surface area (Å²) in [5.74, 6) is 1.04. The van der Waals surface area contributed by atoms with Crippen LogP contribution in [0.25, 0.3) is 0 Å². The van der Waals surface area contributed by atoms with Crippen LogP contribution in [-0.4, -0.2) is 18.0 Å². The average molecular weight is 315 g/mol. The number of nitrogens with two attached hydrogens (primary N) is 1. The van der Waals surface area contributed by atoms with Crippen molar-refractivity contribution in [1.82, 2.24) is 5.32 Å². The summed E-state index contributed by atoms with van der Waals surface area (Å²) in [5, 5.41) is 3.15. The molecular weight excluding hydrogens is 284 g/mol. The fourth-order valence-corrected chi connectivity index (χ4v) is 6.20. The van der Waals surface area contributed by atoms with Gasteiger partial charge in [-0.3, -0.25) is 4.79 Å². The predicted octanol–water partition coefficient (Wildman–Crippen LogP) is 3.26. The van der Waals surface area contributed by atoms with Crippen LogP contribution in [0.2, 0.25) is 0 Å². The van der Waals surface area contributed by atoms with Gasteiger partial charge in [0.1, 0.15) is 0 Å². The quantitative estimate of drug-likeness (QED) is 0.840. The average Bonchev–Trinajstić information content (AvgIpc) is 2.19. The molecule has 0 aromatic carbocycles. The molecular formula is C17H31ClN2O. The van der Waals surface area contributed by atoms with Crippen molar-refractivity contribution in [2.75, 3.05) is 6.54 Å². The number of hydrogen-bond donors (Lipinski definition) is 2. The third-order valence-corrected chi connectivity index (χ3v) is 5.81. The highest BCUT2D eigenvalue weighted by molar-refractivity contribution is 5.85. The molecule has 4 bridgehead atoms. The highest BCUT2D eigenvalue weighted by Crippen LogP contribution is 2.69. The van der Waals surface area contributed by atoms with Gasteiger partial charge in [-0.05, 0) is 69.1 Å². The van der Waals surface area contributed by atoms with E-state index in [0.29, 0.717) is 17.4 Å². The molecule has 3 nitrogen and oxygen atoms in total. The molecule has 0 heterocycles. The molecule has 122 valence electrons. The maximum absolute atomic E-state index is 12.9. The summed E-state index contributed by atoms with van der Waals surface area (Å²) in [5.41, 5.74) is 6.37. The van der Waals surface area contributed by atoms with E-state index in [-0.39, 0.29) is 29.3 Å². The van der Waals surface area contributed by atoms with Crippen LogP contribution in [-0.2, 0) is 4.79 Å². The largest absolute Gasteiger partial charge is 0.354 e. The summed E-state index contributed by atoms with van der Waals surface area (Å²) in [6, 6.07) is 0. The molecule has 0 radical (unpaired) electrons. The first-order valence-corrected chi connectivity index (χ1v) is 8.11. The topological polar surface area (TPSA) is 55.1 Å². The number of hydrogen-bond acceptors (Lipinski definition) is 2. The molecule has 0 aliphatic heterocycles. The number of halogens is 1. The second kappa shape index (κ2) is 4.86. The Morgan fingerprint density at radius 1 is 1.14 bits per heavy atom. The van der Waals surface area contributed by atoms with Gasteiger partial charge in [0.05, 0.1) is 5.41 Å². The summed E-state index contributed by atoms with van der Waals surface area (Å²) in [6.07, 6.45) is 7.26. The summed E-state index contributed by atoms with van der Waals surface area (Å²) >= 11 is 0. The van der Waals surface area contributed by atoms with Crippen molar-refractivity contribution >= 4 is 18.3 Å². The Balaban J connectivity index is 0.00000161. The highest BCUT2D eigenvalue weighted by atomic mass is 35.5. The second-order valence-electron chi connectivity index (χ2n) is 9.58. The van der Waals surface area contributed by atoms with Crippen LogP contribution >= 0.6 is 12.4 Å². The monoisotopic (exact) mass is 314 g/mol. The lowest BCUT2D eigenvalue weighted by Gasteiger charge is -2.64. The van der Waals surface area contributed by atoms with Crippen LogP contribution in [0.1, 0.15) is 66.2 Å². The number of amides is 1. The van der Waals surface area contributed by atoms with Crippen molar-refractivity contribution in [1.29, 1.82) is 0 Å². The van der Waals surface area contributed by atoms with Crippen LogP contribution in [0.5, 0.6) is 0 Å². The van der Waals surface area contributed by atoms with Crippen LogP contribution in [0.15, 0.2) is 0 Å². The van der Waals surface area contributed by atoms with E-state index >= 15 is 0 Å². The van der Waals surface area contributed by atoms with E-state index in [4.69, 9.17) is 5.73 Å². The van der Waals surface area contributed by atoms with Crippen LogP contribution < -0.4 is 11.1 Å². The summed E-state index contributed by atoms with van der Waals surface area (Å²) in [7, 11) is 0. The number of carbonyl (C=O) groups excluding carboxylic acids is 1. The third-order valence-electron chi connectivity index (χ3n) is 5.81. The predicted molar refractivity (Wildman–Crippen MR) is 88.4 cm³/mol. The SMILES string of the molecule is CC(C)(N)CNC(=O)C12CC3CC(C)(CC(C)(C3)C1)C2.Cl. The molecule has 0 saturated heterocycles. The zero-order chi connectivity index (χ0) is 14.8. The molecule has 4 rings (SSSR count). The van der Waals surface area contributed by atoms with Crippen molar-refractivity contribution in [2.24, 2.45) is 27.9 Å². The van der Waals surface area contributed by atoms with E-state index < -0.39 is 0 Å². The summed E-state index contributed by atoms with van der Waals surface area (Å²) in [4.78, 5) is 12.9. The number of carbonyl (C=O) groups is 1. The summed E-state index contributed by atoms with van der Waals surface area (Å²) < 4.78 is 0. The van der Waals surface area contributed by atoms with Crippen molar-refractivity contribution < 1.29 is 4.79 Å². The van der Waals surface area contributed by atoms with Crippen molar-refractivity contribution in [3.63, 3.8) is 0 Å². The van der Waals surface area contributed by atoms with Crippen LogP contribution in [0, 0.1) is 22.2 Å². The van der Waals surface area contributed by atoms with E-state index in [1.54, 1.807) is 0 Å². The Hall–Kier alpha value is -0.280. The van der Waals surface area contributed by atoms with Gasteiger partial charge in [-0.1, -0.05) is 13.8 Å². The standard InChI is InChI=1S/C17H30N2O.ClH/c1-14(2,18)11-19-13(20)17-7-12-5-15(3,9-17)8-16(4,6-12)10-17;/h12H,5-11,18H2,1-4H3,(H,19,20);1H. The number of nitrogens with one attached hydrogen (secondary N) is 1. The molecule has 4 fully saturated rings. The first-order chi connectivity index (χ1) is 9.03. The molecule has 4 saturated carbocycles. The van der Waals surface area contributed by atoms with Crippen LogP contribution in [0.4, 0.5) is 0 Å². The van der Waals surface area contributed by atoms with Gasteiger partial charge in [-0.2, -0.15) is 0 Å². The zero-order valence-corrected chi connectivity index (χ0v) is 14.7. The Morgan fingerprint density at radius 3 is 2.10 bits per heavy atom. The molecule has 4 heteroatoms. The smallest absolute Gasteiger partial charge is 0.226 e. The van der Waals surface area contributed by atoms with E-state index in [0.717, 1.165) is 25.2 Å². The van der Waals surface area contributed by atoms with Gasteiger partial charge in [-0.25, -0.2) is 0 Å². The van der Waals surface area contributed by atoms with Gasteiger partial charge in [0.25, 0.3) is 0 Å². The molecule has 1 amide bonds. The Morgan fingerprint density at radius 2 is 1.67 bits per heavy atom. The first-order valence-electron chi connectivity index (χ1n) is 8.11. The minimum atomic E-state index is -0.328. The fraction of sp³-hybridized carbons (Fsp3) is 0.941. The van der Waals surface area contributed by atoms with E-state index in [2.05, 4.69) is 19.2 Å². The van der Waals surface area contributed by atoms with E-state index in [1.165, 1.54) is 19.3 Å². The Kier molecular flexibility index (Phi) is 3.95. The lowest BCUT2D eigenvalue weighted by molar-refractivity contribution is -0.170. The maximum atomic E-state index is 12.9. The van der Waals surface area contributed by atoms with Gasteiger partial charge in [0.2, 0.25) is 5.91 Å². The maximum Gasteiger partial charge on any atom is 0.226 e. The van der Waals surface area contributed by atoms with Gasteiger partial charge >= 0.3 is 0 Å². The second-order valence-corrected chi connectivity index (χ2v) is 9.58.